The summed E-state index contributed by atoms with van der Waals surface area (Å²) < 4.78 is 5.33. The SMILES string of the molecule is CC(C)(N)c1noc(CN2CCC3(CCCC3)CC2)n1. The third kappa shape index (κ3) is 2.88. The van der Waals surface area contributed by atoms with E-state index in [2.05, 4.69) is 15.0 Å². The molecule has 1 aliphatic carbocycles. The minimum Gasteiger partial charge on any atom is -0.338 e. The van der Waals surface area contributed by atoms with E-state index in [1.165, 1.54) is 38.5 Å². The topological polar surface area (TPSA) is 68.2 Å². The van der Waals surface area contributed by atoms with Gasteiger partial charge in [0.1, 0.15) is 0 Å². The first-order chi connectivity index (χ1) is 9.47. The first-order valence-corrected chi connectivity index (χ1v) is 7.81. The van der Waals surface area contributed by atoms with Crippen LogP contribution in [0.25, 0.3) is 0 Å². The van der Waals surface area contributed by atoms with Crippen LogP contribution >= 0.6 is 0 Å². The lowest BCUT2D eigenvalue weighted by Gasteiger charge is -2.38. The standard InChI is InChI=1S/C15H26N4O/c1-14(2,16)13-17-12(20-18-13)11-19-9-7-15(8-10-19)5-3-4-6-15/h3-11,16H2,1-2H3. The van der Waals surface area contributed by atoms with Crippen LogP contribution in [-0.4, -0.2) is 28.1 Å². The van der Waals surface area contributed by atoms with Crippen LogP contribution in [0.3, 0.4) is 0 Å². The molecule has 1 saturated heterocycles. The summed E-state index contributed by atoms with van der Waals surface area (Å²) in [5.74, 6) is 1.29. The zero-order chi connectivity index (χ0) is 14.2. The Morgan fingerprint density at radius 2 is 1.85 bits per heavy atom. The van der Waals surface area contributed by atoms with Crippen molar-refractivity contribution >= 4 is 0 Å². The van der Waals surface area contributed by atoms with Gasteiger partial charge in [0.15, 0.2) is 5.82 Å². The highest BCUT2D eigenvalue weighted by Crippen LogP contribution is 2.46. The molecule has 2 heterocycles. The number of likely N-dealkylation sites (tertiary alicyclic amines) is 1. The van der Waals surface area contributed by atoms with Crippen LogP contribution in [0.4, 0.5) is 0 Å². The summed E-state index contributed by atoms with van der Waals surface area (Å²) in [6.45, 7) is 6.87. The maximum absolute atomic E-state index is 5.98. The van der Waals surface area contributed by atoms with E-state index in [-0.39, 0.29) is 0 Å². The van der Waals surface area contributed by atoms with Crippen molar-refractivity contribution in [2.45, 2.75) is 64.5 Å². The molecular weight excluding hydrogens is 252 g/mol. The smallest absolute Gasteiger partial charge is 0.240 e. The zero-order valence-corrected chi connectivity index (χ0v) is 12.7. The monoisotopic (exact) mass is 278 g/mol. The first kappa shape index (κ1) is 14.0. The summed E-state index contributed by atoms with van der Waals surface area (Å²) in [7, 11) is 0. The largest absolute Gasteiger partial charge is 0.338 e. The summed E-state index contributed by atoms with van der Waals surface area (Å²) in [5, 5.41) is 3.99. The Balaban J connectivity index is 1.56. The van der Waals surface area contributed by atoms with Gasteiger partial charge >= 0.3 is 0 Å². The highest BCUT2D eigenvalue weighted by Gasteiger charge is 2.37. The molecule has 0 unspecified atom stereocenters. The number of piperidine rings is 1. The lowest BCUT2D eigenvalue weighted by molar-refractivity contribution is 0.0949. The number of rotatable bonds is 3. The van der Waals surface area contributed by atoms with Gasteiger partial charge in [0.2, 0.25) is 5.89 Å². The van der Waals surface area contributed by atoms with Crippen LogP contribution in [0.1, 0.15) is 64.1 Å². The summed E-state index contributed by atoms with van der Waals surface area (Å²) in [4.78, 5) is 6.86. The molecule has 0 radical (unpaired) electrons. The predicted octanol–water partition coefficient (Wildman–Crippen LogP) is 2.42. The van der Waals surface area contributed by atoms with Crippen LogP contribution in [0, 0.1) is 5.41 Å². The maximum Gasteiger partial charge on any atom is 0.240 e. The van der Waals surface area contributed by atoms with Gasteiger partial charge in [-0.3, -0.25) is 4.90 Å². The minimum absolute atomic E-state index is 0.530. The van der Waals surface area contributed by atoms with E-state index in [0.29, 0.717) is 17.1 Å². The molecule has 3 rings (SSSR count). The molecule has 2 fully saturated rings. The van der Waals surface area contributed by atoms with Crippen molar-refractivity contribution in [2.24, 2.45) is 11.1 Å². The molecule has 0 bridgehead atoms. The Labute approximate surface area is 120 Å². The predicted molar refractivity (Wildman–Crippen MR) is 76.9 cm³/mol. The number of hydrogen-bond donors (Lipinski definition) is 1. The quantitative estimate of drug-likeness (QED) is 0.919. The first-order valence-electron chi connectivity index (χ1n) is 7.81. The van der Waals surface area contributed by atoms with Crippen molar-refractivity contribution in [1.29, 1.82) is 0 Å². The van der Waals surface area contributed by atoms with Crippen molar-refractivity contribution < 1.29 is 4.52 Å². The van der Waals surface area contributed by atoms with Crippen LogP contribution < -0.4 is 5.73 Å². The van der Waals surface area contributed by atoms with Crippen LogP contribution in [0.2, 0.25) is 0 Å². The fraction of sp³-hybridized carbons (Fsp3) is 0.867. The lowest BCUT2D eigenvalue weighted by Crippen LogP contribution is -2.38. The van der Waals surface area contributed by atoms with Crippen molar-refractivity contribution in [1.82, 2.24) is 15.0 Å². The second kappa shape index (κ2) is 5.11. The fourth-order valence-electron chi connectivity index (χ4n) is 3.58. The molecule has 20 heavy (non-hydrogen) atoms. The van der Waals surface area contributed by atoms with E-state index in [1.54, 1.807) is 0 Å². The molecule has 2 N–H and O–H groups in total. The molecule has 1 aliphatic heterocycles. The Morgan fingerprint density at radius 1 is 1.20 bits per heavy atom. The normalized spacial score (nSPS) is 23.6. The van der Waals surface area contributed by atoms with E-state index in [0.717, 1.165) is 19.6 Å². The summed E-state index contributed by atoms with van der Waals surface area (Å²) in [5.41, 5.74) is 6.12. The summed E-state index contributed by atoms with van der Waals surface area (Å²) in [6, 6.07) is 0. The summed E-state index contributed by atoms with van der Waals surface area (Å²) >= 11 is 0. The third-order valence-electron chi connectivity index (χ3n) is 4.98. The summed E-state index contributed by atoms with van der Waals surface area (Å²) in [6.07, 6.45) is 8.39. The molecule has 5 nitrogen and oxygen atoms in total. The van der Waals surface area contributed by atoms with Crippen molar-refractivity contribution in [3.63, 3.8) is 0 Å². The Kier molecular flexibility index (Phi) is 3.58. The van der Waals surface area contributed by atoms with Crippen LogP contribution in [0.15, 0.2) is 4.52 Å². The Morgan fingerprint density at radius 3 is 2.40 bits per heavy atom. The molecule has 112 valence electrons. The number of aromatic nitrogens is 2. The molecule has 0 aromatic carbocycles. The molecule has 1 aromatic rings. The highest BCUT2D eigenvalue weighted by molar-refractivity contribution is 4.99. The van der Waals surface area contributed by atoms with E-state index in [1.807, 2.05) is 13.8 Å². The Hall–Kier alpha value is -0.940. The van der Waals surface area contributed by atoms with Crippen molar-refractivity contribution in [2.75, 3.05) is 13.1 Å². The fourth-order valence-corrected chi connectivity index (χ4v) is 3.58. The number of hydrogen-bond acceptors (Lipinski definition) is 5. The van der Waals surface area contributed by atoms with E-state index in [9.17, 15) is 0 Å². The van der Waals surface area contributed by atoms with Gasteiger partial charge in [-0.2, -0.15) is 4.98 Å². The highest BCUT2D eigenvalue weighted by atomic mass is 16.5. The lowest BCUT2D eigenvalue weighted by atomic mass is 9.77. The number of nitrogens with two attached hydrogens (primary N) is 1. The van der Waals surface area contributed by atoms with Gasteiger partial charge in [0.05, 0.1) is 12.1 Å². The van der Waals surface area contributed by atoms with Gasteiger partial charge in [0.25, 0.3) is 0 Å². The second-order valence-corrected chi connectivity index (χ2v) is 7.22. The van der Waals surface area contributed by atoms with Gasteiger partial charge in [-0.05, 0) is 58.0 Å². The molecule has 1 aromatic heterocycles. The third-order valence-corrected chi connectivity index (χ3v) is 4.98. The molecule has 2 aliphatic rings. The van der Waals surface area contributed by atoms with E-state index < -0.39 is 5.54 Å². The minimum atomic E-state index is -0.530. The average molecular weight is 278 g/mol. The molecule has 1 saturated carbocycles. The molecular formula is C15H26N4O. The molecule has 5 heteroatoms. The van der Waals surface area contributed by atoms with Gasteiger partial charge < -0.3 is 10.3 Å². The molecule has 0 amide bonds. The van der Waals surface area contributed by atoms with Crippen LogP contribution in [0.5, 0.6) is 0 Å². The van der Waals surface area contributed by atoms with E-state index in [4.69, 9.17) is 10.3 Å². The average Bonchev–Trinajstić information content (AvgIpc) is 3.01. The Bertz CT molecular complexity index is 447. The van der Waals surface area contributed by atoms with Crippen molar-refractivity contribution in [3.8, 4) is 0 Å². The maximum atomic E-state index is 5.98. The molecule has 1 spiro atoms. The van der Waals surface area contributed by atoms with Gasteiger partial charge in [-0.25, -0.2) is 0 Å². The van der Waals surface area contributed by atoms with Gasteiger partial charge in [-0.15, -0.1) is 0 Å². The van der Waals surface area contributed by atoms with Gasteiger partial charge in [-0.1, -0.05) is 18.0 Å². The molecule has 0 atom stereocenters. The van der Waals surface area contributed by atoms with Gasteiger partial charge in [0, 0.05) is 0 Å². The van der Waals surface area contributed by atoms with Crippen molar-refractivity contribution in [3.05, 3.63) is 11.7 Å². The number of nitrogens with zero attached hydrogens (tertiary/aromatic N) is 3. The zero-order valence-electron chi connectivity index (χ0n) is 12.7. The van der Waals surface area contributed by atoms with Crippen LogP contribution in [-0.2, 0) is 12.1 Å². The van der Waals surface area contributed by atoms with E-state index >= 15 is 0 Å². The second-order valence-electron chi connectivity index (χ2n) is 7.22.